The molecule has 0 amide bonds. The van der Waals surface area contributed by atoms with Gasteiger partial charge in [-0.2, -0.15) is 0 Å². The van der Waals surface area contributed by atoms with Gasteiger partial charge in [-0.05, 0) is 0 Å². The predicted molar refractivity (Wildman–Crippen MR) is 96.0 cm³/mol. The first-order chi connectivity index (χ1) is 7.93. The Bertz CT molecular complexity index is 192. The number of hydrogen-bond donors (Lipinski definition) is 6. The molecule has 10 nitrogen and oxygen atoms in total. The second kappa shape index (κ2) is 66.5. The molecule has 0 bridgehead atoms. The number of hydrogen-bond acceptors (Lipinski definition) is 6. The predicted octanol–water partition coefficient (Wildman–Crippen LogP) is -0.456. The van der Waals surface area contributed by atoms with Gasteiger partial charge in [0.15, 0.2) is 0 Å². The van der Waals surface area contributed by atoms with Gasteiger partial charge in [0.2, 0.25) is 0 Å². The molecule has 0 aromatic heterocycles. The Labute approximate surface area is 203 Å². The van der Waals surface area contributed by atoms with Crippen molar-refractivity contribution in [2.45, 2.75) is 27.7 Å². The van der Waals surface area contributed by atoms with Crippen LogP contribution < -0.4 is 12.3 Å². The van der Waals surface area contributed by atoms with Crippen LogP contribution in [0.25, 0.3) is 0 Å². The van der Waals surface area contributed by atoms with Crippen molar-refractivity contribution < 1.29 is 39.6 Å². The van der Waals surface area contributed by atoms with Crippen molar-refractivity contribution in [2.24, 2.45) is 0 Å². The number of carboxylic acids is 4. The zero-order chi connectivity index (χ0) is 16.3. The molecule has 0 aromatic rings. The van der Waals surface area contributed by atoms with E-state index in [9.17, 15) is 0 Å². The fourth-order valence-electron chi connectivity index (χ4n) is 0. The van der Waals surface area contributed by atoms with E-state index in [1.807, 2.05) is 0 Å². The summed E-state index contributed by atoms with van der Waals surface area (Å²) >= 11 is 0. The van der Waals surface area contributed by atoms with Gasteiger partial charge in [0.05, 0.1) is 0 Å². The Morgan fingerprint density at radius 3 is 0.522 bits per heavy atom. The third-order valence-electron chi connectivity index (χ3n) is 0. The van der Waals surface area contributed by atoms with E-state index in [4.69, 9.17) is 39.6 Å². The first-order valence-corrected chi connectivity index (χ1v) is 4.21. The third kappa shape index (κ3) is 32600. The Kier molecular flexibility index (Phi) is 189. The van der Waals surface area contributed by atoms with Crippen LogP contribution in [-0.2, 0) is 19.2 Å². The molecule has 0 aromatic carbocycles. The summed E-state index contributed by atoms with van der Waals surface area (Å²) in [4.78, 5) is 36.0. The molecule has 0 unspecified atom stereocenters. The van der Waals surface area contributed by atoms with Gasteiger partial charge in [0.1, 0.15) is 0 Å². The van der Waals surface area contributed by atoms with E-state index in [0.29, 0.717) is 0 Å². The summed E-state index contributed by atoms with van der Waals surface area (Å²) in [7, 11) is 0. The van der Waals surface area contributed by atoms with Gasteiger partial charge < -0.3 is 32.7 Å². The Morgan fingerprint density at radius 1 is 0.522 bits per heavy atom. The SMILES string of the molecule is C=C.CC(=O)O.CC(=O)O.CC(=O)O.CC(=O)O.N.N.[NaH].[NaH].[NaH]. The van der Waals surface area contributed by atoms with E-state index >= 15 is 0 Å². The molecule has 130 valence electrons. The molecule has 0 spiro atoms. The fraction of sp³-hybridized carbons (Fsp3) is 0.400. The first kappa shape index (κ1) is 65.2. The van der Waals surface area contributed by atoms with Crippen molar-refractivity contribution in [2.75, 3.05) is 0 Å². The van der Waals surface area contributed by atoms with Crippen molar-refractivity contribution in [3.63, 3.8) is 0 Å². The number of carbonyl (C=O) groups is 4. The topological polar surface area (TPSA) is 219 Å². The molecule has 0 saturated heterocycles. The van der Waals surface area contributed by atoms with Crippen LogP contribution in [-0.4, -0.2) is 133 Å². The standard InChI is InChI=1S/4C2H4O2.C2H4.2H3N.3Na.3H/c4*1-2(3)4;1-2;;;;;;;;/h4*1H3,(H,3,4);1-2H2;2*1H3;;;;;;. The number of carboxylic acid groups (broad SMARTS) is 4. The molecule has 0 aliphatic rings. The summed E-state index contributed by atoms with van der Waals surface area (Å²) in [6.07, 6.45) is 0. The minimum absolute atomic E-state index is 0. The molecule has 0 heterocycles. The van der Waals surface area contributed by atoms with Crippen LogP contribution in [0.4, 0.5) is 0 Å². The molecular weight excluding hydrogens is 345 g/mol. The summed E-state index contributed by atoms with van der Waals surface area (Å²) in [6.45, 7) is 10.3. The quantitative estimate of drug-likeness (QED) is 0.236. The molecule has 0 fully saturated rings. The molecule has 23 heavy (non-hydrogen) atoms. The van der Waals surface area contributed by atoms with Crippen LogP contribution >= 0.6 is 0 Å². The summed E-state index contributed by atoms with van der Waals surface area (Å²) in [5.74, 6) is -3.33. The first-order valence-electron chi connectivity index (χ1n) is 4.21. The Morgan fingerprint density at radius 2 is 0.522 bits per heavy atom. The molecule has 0 aliphatic carbocycles. The molecule has 0 aliphatic heterocycles. The van der Waals surface area contributed by atoms with Crippen LogP contribution in [0, 0.1) is 0 Å². The average molecular weight is 374 g/mol. The molecule has 0 saturated carbocycles. The van der Waals surface area contributed by atoms with Crippen LogP contribution in [0.1, 0.15) is 27.7 Å². The zero-order valence-electron chi connectivity index (χ0n) is 12.3. The van der Waals surface area contributed by atoms with Gasteiger partial charge in [0, 0.05) is 27.7 Å². The van der Waals surface area contributed by atoms with E-state index in [1.54, 1.807) is 0 Å². The minimum atomic E-state index is -0.833. The molecule has 0 radical (unpaired) electrons. The van der Waals surface area contributed by atoms with E-state index in [1.165, 1.54) is 0 Å². The normalized spacial score (nSPS) is 4.52. The average Bonchev–Trinajstić information content (AvgIpc) is 2.01. The number of rotatable bonds is 0. The van der Waals surface area contributed by atoms with Crippen molar-refractivity contribution in [1.29, 1.82) is 0 Å². The summed E-state index contributed by atoms with van der Waals surface area (Å²) in [6, 6.07) is 0. The van der Waals surface area contributed by atoms with Crippen molar-refractivity contribution in [1.82, 2.24) is 12.3 Å². The molecular formula is C10H29N2Na3O8. The van der Waals surface area contributed by atoms with Crippen molar-refractivity contribution in [3.05, 3.63) is 13.2 Å². The Balaban J connectivity index is -0.0000000110. The second-order valence-corrected chi connectivity index (χ2v) is 2.08. The maximum atomic E-state index is 9.00. The van der Waals surface area contributed by atoms with E-state index in [2.05, 4.69) is 13.2 Å². The van der Waals surface area contributed by atoms with Gasteiger partial charge in [-0.1, -0.05) is 0 Å². The van der Waals surface area contributed by atoms with Gasteiger partial charge in [0.25, 0.3) is 23.9 Å². The van der Waals surface area contributed by atoms with Gasteiger partial charge in [-0.15, -0.1) is 13.2 Å². The zero-order valence-corrected chi connectivity index (χ0v) is 12.3. The molecule has 13 heteroatoms. The molecule has 10 N–H and O–H groups in total. The summed E-state index contributed by atoms with van der Waals surface area (Å²) in [5, 5.41) is 29.7. The summed E-state index contributed by atoms with van der Waals surface area (Å²) in [5.41, 5.74) is 0. The fourth-order valence-corrected chi connectivity index (χ4v) is 0. The van der Waals surface area contributed by atoms with E-state index in [0.717, 1.165) is 27.7 Å². The monoisotopic (exact) mass is 374 g/mol. The number of aliphatic carboxylic acids is 4. The van der Waals surface area contributed by atoms with Crippen LogP contribution in [0.15, 0.2) is 13.2 Å². The molecule has 0 rings (SSSR count). The Hall–Kier alpha value is 0.540. The van der Waals surface area contributed by atoms with Crippen LogP contribution in [0.5, 0.6) is 0 Å². The van der Waals surface area contributed by atoms with Crippen molar-refractivity contribution >= 4 is 113 Å². The van der Waals surface area contributed by atoms with Gasteiger partial charge in [-0.25, -0.2) is 0 Å². The van der Waals surface area contributed by atoms with Gasteiger partial charge in [-0.3, -0.25) is 19.2 Å². The van der Waals surface area contributed by atoms with Crippen molar-refractivity contribution in [3.8, 4) is 0 Å². The third-order valence-corrected chi connectivity index (χ3v) is 0. The van der Waals surface area contributed by atoms with Crippen LogP contribution in [0.2, 0.25) is 0 Å². The second-order valence-electron chi connectivity index (χ2n) is 2.08. The van der Waals surface area contributed by atoms with Gasteiger partial charge >= 0.3 is 88.7 Å². The van der Waals surface area contributed by atoms with Crippen LogP contribution in [0.3, 0.4) is 0 Å². The maximum absolute atomic E-state index is 9.00. The molecule has 0 atom stereocenters. The van der Waals surface area contributed by atoms with E-state index in [-0.39, 0.29) is 101 Å². The van der Waals surface area contributed by atoms with E-state index < -0.39 is 23.9 Å². The summed E-state index contributed by atoms with van der Waals surface area (Å²) < 4.78 is 0.